The van der Waals surface area contributed by atoms with E-state index < -0.39 is 0 Å². The van der Waals surface area contributed by atoms with Crippen molar-refractivity contribution in [3.05, 3.63) is 0 Å². The van der Waals surface area contributed by atoms with E-state index in [0.29, 0.717) is 12.3 Å². The van der Waals surface area contributed by atoms with Gasteiger partial charge in [0.25, 0.3) is 0 Å². The van der Waals surface area contributed by atoms with Gasteiger partial charge in [0, 0.05) is 19.5 Å². The molecule has 0 fully saturated rings. The molecule has 0 aromatic rings. The lowest BCUT2D eigenvalue weighted by Gasteiger charge is -2.33. The van der Waals surface area contributed by atoms with Crippen molar-refractivity contribution >= 4 is 5.91 Å². The number of carbonyl (C=O) groups excluding carboxylic acids is 1. The van der Waals surface area contributed by atoms with E-state index >= 15 is 0 Å². The number of amides is 1. The van der Waals surface area contributed by atoms with Crippen LogP contribution in [0.15, 0.2) is 0 Å². The Bertz CT molecular complexity index is 176. The summed E-state index contributed by atoms with van der Waals surface area (Å²) >= 11 is 0. The van der Waals surface area contributed by atoms with Crippen LogP contribution < -0.4 is 11.1 Å². The van der Waals surface area contributed by atoms with Crippen LogP contribution in [0.4, 0.5) is 0 Å². The Hall–Kier alpha value is -0.570. The summed E-state index contributed by atoms with van der Waals surface area (Å²) in [6.45, 7) is 8.23. The van der Waals surface area contributed by atoms with Crippen molar-refractivity contribution < 1.29 is 4.79 Å². The number of carbonyl (C=O) groups is 1. The van der Waals surface area contributed by atoms with E-state index in [1.165, 1.54) is 0 Å². The average molecular weight is 186 g/mol. The molecule has 0 aromatic carbocycles. The predicted octanol–water partition coefficient (Wildman–Crippen LogP) is 1.13. The summed E-state index contributed by atoms with van der Waals surface area (Å²) < 4.78 is 0. The first-order chi connectivity index (χ1) is 5.81. The molecule has 3 nitrogen and oxygen atoms in total. The first-order valence-corrected chi connectivity index (χ1v) is 4.77. The highest BCUT2D eigenvalue weighted by Gasteiger charge is 2.30. The van der Waals surface area contributed by atoms with Crippen LogP contribution in [-0.4, -0.2) is 19.0 Å². The van der Waals surface area contributed by atoms with Crippen molar-refractivity contribution in [1.82, 2.24) is 5.32 Å². The molecular weight excluding hydrogens is 164 g/mol. The first kappa shape index (κ1) is 12.4. The Morgan fingerprint density at radius 3 is 2.23 bits per heavy atom. The molecule has 0 radical (unpaired) electrons. The Balaban J connectivity index is 4.29. The highest BCUT2D eigenvalue weighted by atomic mass is 16.1. The number of hydrogen-bond donors (Lipinski definition) is 2. The highest BCUT2D eigenvalue weighted by Crippen LogP contribution is 2.27. The SMILES string of the molecule is CNC(=O)CC(C)(C)C(N)C(C)C. The summed E-state index contributed by atoms with van der Waals surface area (Å²) in [5, 5.41) is 2.62. The van der Waals surface area contributed by atoms with Gasteiger partial charge in [-0.15, -0.1) is 0 Å². The van der Waals surface area contributed by atoms with Gasteiger partial charge in [-0.25, -0.2) is 0 Å². The molecule has 0 aliphatic heterocycles. The Kier molecular flexibility index (Phi) is 4.40. The second kappa shape index (κ2) is 4.61. The summed E-state index contributed by atoms with van der Waals surface area (Å²) in [6.07, 6.45) is 0.489. The molecule has 1 amide bonds. The maximum Gasteiger partial charge on any atom is 0.220 e. The third-order valence-corrected chi connectivity index (χ3v) is 2.52. The van der Waals surface area contributed by atoms with Crippen molar-refractivity contribution in [2.24, 2.45) is 17.1 Å². The van der Waals surface area contributed by atoms with Crippen LogP contribution in [0, 0.1) is 11.3 Å². The molecule has 13 heavy (non-hydrogen) atoms. The van der Waals surface area contributed by atoms with Gasteiger partial charge in [0.15, 0.2) is 0 Å². The molecule has 0 rings (SSSR count). The fourth-order valence-corrected chi connectivity index (χ4v) is 1.52. The normalized spacial score (nSPS) is 14.4. The van der Waals surface area contributed by atoms with E-state index in [4.69, 9.17) is 5.73 Å². The van der Waals surface area contributed by atoms with Gasteiger partial charge in [-0.05, 0) is 11.3 Å². The molecule has 0 heterocycles. The number of hydrogen-bond acceptors (Lipinski definition) is 2. The molecule has 0 aliphatic rings. The fourth-order valence-electron chi connectivity index (χ4n) is 1.52. The minimum Gasteiger partial charge on any atom is -0.359 e. The van der Waals surface area contributed by atoms with Gasteiger partial charge >= 0.3 is 0 Å². The van der Waals surface area contributed by atoms with E-state index in [-0.39, 0.29) is 17.4 Å². The molecule has 1 unspecified atom stereocenters. The Morgan fingerprint density at radius 1 is 1.46 bits per heavy atom. The molecule has 0 aliphatic carbocycles. The predicted molar refractivity (Wildman–Crippen MR) is 55.3 cm³/mol. The van der Waals surface area contributed by atoms with E-state index in [1.807, 2.05) is 13.8 Å². The zero-order valence-corrected chi connectivity index (χ0v) is 9.35. The van der Waals surface area contributed by atoms with Crippen LogP contribution >= 0.6 is 0 Å². The van der Waals surface area contributed by atoms with Crippen molar-refractivity contribution in [3.8, 4) is 0 Å². The minimum atomic E-state index is -0.131. The molecule has 3 N–H and O–H groups in total. The maximum atomic E-state index is 11.2. The monoisotopic (exact) mass is 186 g/mol. The second-order valence-electron chi connectivity index (χ2n) is 4.61. The summed E-state index contributed by atoms with van der Waals surface area (Å²) in [6, 6.07) is 0.0600. The quantitative estimate of drug-likeness (QED) is 0.691. The standard InChI is InChI=1S/C10H22N2O/c1-7(2)9(11)10(3,4)6-8(13)12-5/h7,9H,6,11H2,1-5H3,(H,12,13). The summed E-state index contributed by atoms with van der Waals surface area (Å²) in [5.74, 6) is 0.459. The van der Waals surface area contributed by atoms with E-state index in [1.54, 1.807) is 7.05 Å². The van der Waals surface area contributed by atoms with Gasteiger partial charge in [-0.1, -0.05) is 27.7 Å². The van der Waals surface area contributed by atoms with Crippen LogP contribution in [0.1, 0.15) is 34.1 Å². The highest BCUT2D eigenvalue weighted by molar-refractivity contribution is 5.76. The van der Waals surface area contributed by atoms with E-state index in [9.17, 15) is 4.79 Å². The van der Waals surface area contributed by atoms with Crippen molar-refractivity contribution in [3.63, 3.8) is 0 Å². The smallest absolute Gasteiger partial charge is 0.220 e. The number of nitrogens with two attached hydrogens (primary N) is 1. The molecule has 0 spiro atoms. The van der Waals surface area contributed by atoms with Crippen LogP contribution in [0.3, 0.4) is 0 Å². The molecule has 1 atom stereocenters. The zero-order chi connectivity index (χ0) is 10.6. The molecule has 0 bridgehead atoms. The molecular formula is C10H22N2O. The average Bonchev–Trinajstić information content (AvgIpc) is 2.01. The third kappa shape index (κ3) is 3.77. The van der Waals surface area contributed by atoms with Crippen LogP contribution in [-0.2, 0) is 4.79 Å². The molecule has 78 valence electrons. The lowest BCUT2D eigenvalue weighted by atomic mass is 9.76. The van der Waals surface area contributed by atoms with Crippen molar-refractivity contribution in [2.75, 3.05) is 7.05 Å². The van der Waals surface area contributed by atoms with E-state index in [0.717, 1.165) is 0 Å². The van der Waals surface area contributed by atoms with Gasteiger partial charge in [-0.3, -0.25) is 4.79 Å². The molecule has 0 aromatic heterocycles. The van der Waals surface area contributed by atoms with Crippen molar-refractivity contribution in [1.29, 1.82) is 0 Å². The second-order valence-corrected chi connectivity index (χ2v) is 4.61. The molecule has 0 saturated carbocycles. The fraction of sp³-hybridized carbons (Fsp3) is 0.900. The van der Waals surface area contributed by atoms with Crippen LogP contribution in [0.5, 0.6) is 0 Å². The van der Waals surface area contributed by atoms with Gasteiger partial charge in [0.05, 0.1) is 0 Å². The first-order valence-electron chi connectivity index (χ1n) is 4.77. The van der Waals surface area contributed by atoms with Gasteiger partial charge < -0.3 is 11.1 Å². The molecule has 0 saturated heterocycles. The van der Waals surface area contributed by atoms with Crippen LogP contribution in [0.2, 0.25) is 0 Å². The number of nitrogens with one attached hydrogen (secondary N) is 1. The lowest BCUT2D eigenvalue weighted by Crippen LogP contribution is -2.44. The zero-order valence-electron chi connectivity index (χ0n) is 9.35. The maximum absolute atomic E-state index is 11.2. The summed E-state index contributed by atoms with van der Waals surface area (Å²) in [4.78, 5) is 11.2. The number of rotatable bonds is 4. The van der Waals surface area contributed by atoms with Gasteiger partial charge in [0.1, 0.15) is 0 Å². The topological polar surface area (TPSA) is 55.1 Å². The lowest BCUT2D eigenvalue weighted by molar-refractivity contribution is -0.122. The summed E-state index contributed by atoms with van der Waals surface area (Å²) in [7, 11) is 1.65. The Morgan fingerprint density at radius 2 is 1.92 bits per heavy atom. The largest absolute Gasteiger partial charge is 0.359 e. The van der Waals surface area contributed by atoms with Crippen LogP contribution in [0.25, 0.3) is 0 Å². The summed E-state index contributed by atoms with van der Waals surface area (Å²) in [5.41, 5.74) is 5.89. The molecule has 3 heteroatoms. The minimum absolute atomic E-state index is 0.0566. The Labute approximate surface area is 81.1 Å². The third-order valence-electron chi connectivity index (χ3n) is 2.52. The van der Waals surface area contributed by atoms with Gasteiger partial charge in [0.2, 0.25) is 5.91 Å². The van der Waals surface area contributed by atoms with E-state index in [2.05, 4.69) is 19.2 Å². The van der Waals surface area contributed by atoms with Crippen molar-refractivity contribution in [2.45, 2.75) is 40.2 Å². The van der Waals surface area contributed by atoms with Gasteiger partial charge in [-0.2, -0.15) is 0 Å².